The van der Waals surface area contributed by atoms with Crippen molar-refractivity contribution in [2.45, 2.75) is 37.8 Å². The number of aromatic nitrogens is 2. The third-order valence-corrected chi connectivity index (χ3v) is 2.92. The second kappa shape index (κ2) is 4.65. The standard InChI is InChI=1S/C11H16N2O3/c14-10(11(15)4-1-2-5-11)16-9-8-13-7-3-6-12-13/h3,6-7,15H,1-2,4-5,8-9H2. The number of esters is 1. The van der Waals surface area contributed by atoms with Gasteiger partial charge in [0.2, 0.25) is 0 Å². The highest BCUT2D eigenvalue weighted by molar-refractivity contribution is 5.79. The number of hydrogen-bond acceptors (Lipinski definition) is 4. The van der Waals surface area contributed by atoms with Crippen molar-refractivity contribution >= 4 is 5.97 Å². The van der Waals surface area contributed by atoms with Crippen LogP contribution in [0.5, 0.6) is 0 Å². The van der Waals surface area contributed by atoms with Gasteiger partial charge in [0.15, 0.2) is 5.60 Å². The minimum Gasteiger partial charge on any atom is -0.462 e. The maximum atomic E-state index is 11.6. The van der Waals surface area contributed by atoms with Crippen LogP contribution in [0.1, 0.15) is 25.7 Å². The Bertz CT molecular complexity index is 342. The molecule has 88 valence electrons. The van der Waals surface area contributed by atoms with Crippen molar-refractivity contribution in [3.05, 3.63) is 18.5 Å². The summed E-state index contributed by atoms with van der Waals surface area (Å²) in [7, 11) is 0. The van der Waals surface area contributed by atoms with Gasteiger partial charge in [-0.25, -0.2) is 4.79 Å². The second-order valence-electron chi connectivity index (χ2n) is 4.14. The normalized spacial score (nSPS) is 18.6. The molecule has 0 unspecified atom stereocenters. The first kappa shape index (κ1) is 11.1. The first-order valence-electron chi connectivity index (χ1n) is 5.58. The number of carbonyl (C=O) groups is 1. The van der Waals surface area contributed by atoms with Gasteiger partial charge in [-0.2, -0.15) is 5.10 Å². The van der Waals surface area contributed by atoms with Crippen molar-refractivity contribution in [3.8, 4) is 0 Å². The van der Waals surface area contributed by atoms with E-state index in [9.17, 15) is 9.90 Å². The van der Waals surface area contributed by atoms with Crippen LogP contribution < -0.4 is 0 Å². The minimum atomic E-state index is -1.23. The highest BCUT2D eigenvalue weighted by atomic mass is 16.5. The van der Waals surface area contributed by atoms with Crippen LogP contribution in [0, 0.1) is 0 Å². The highest BCUT2D eigenvalue weighted by Gasteiger charge is 2.40. The molecule has 2 rings (SSSR count). The molecular weight excluding hydrogens is 208 g/mol. The summed E-state index contributed by atoms with van der Waals surface area (Å²) in [5.41, 5.74) is -1.23. The van der Waals surface area contributed by atoms with Gasteiger partial charge in [-0.15, -0.1) is 0 Å². The molecule has 0 atom stereocenters. The van der Waals surface area contributed by atoms with Crippen molar-refractivity contribution in [2.75, 3.05) is 6.61 Å². The molecular formula is C11H16N2O3. The van der Waals surface area contributed by atoms with Gasteiger partial charge in [0.05, 0.1) is 6.54 Å². The summed E-state index contributed by atoms with van der Waals surface area (Å²) in [5.74, 6) is -0.489. The lowest BCUT2D eigenvalue weighted by molar-refractivity contribution is -0.165. The Hall–Kier alpha value is -1.36. The molecule has 0 aliphatic heterocycles. The molecule has 1 saturated carbocycles. The molecule has 1 N–H and O–H groups in total. The SMILES string of the molecule is O=C(OCCn1cccn1)C1(O)CCCC1. The van der Waals surface area contributed by atoms with E-state index in [0.717, 1.165) is 12.8 Å². The van der Waals surface area contributed by atoms with Gasteiger partial charge in [-0.05, 0) is 31.7 Å². The lowest BCUT2D eigenvalue weighted by Crippen LogP contribution is -2.37. The summed E-state index contributed by atoms with van der Waals surface area (Å²) in [5, 5.41) is 13.9. The van der Waals surface area contributed by atoms with E-state index in [0.29, 0.717) is 19.4 Å². The van der Waals surface area contributed by atoms with Crippen LogP contribution in [0.15, 0.2) is 18.5 Å². The summed E-state index contributed by atoms with van der Waals surface area (Å²) in [6.07, 6.45) is 6.31. The van der Waals surface area contributed by atoms with Crippen LogP contribution in [0.2, 0.25) is 0 Å². The zero-order valence-corrected chi connectivity index (χ0v) is 9.13. The van der Waals surface area contributed by atoms with Crippen molar-refractivity contribution < 1.29 is 14.6 Å². The van der Waals surface area contributed by atoms with Gasteiger partial charge < -0.3 is 9.84 Å². The third-order valence-electron chi connectivity index (χ3n) is 2.92. The van der Waals surface area contributed by atoms with Crippen LogP contribution in [-0.4, -0.2) is 33.1 Å². The Balaban J connectivity index is 1.75. The van der Waals surface area contributed by atoms with Crippen molar-refractivity contribution in [2.24, 2.45) is 0 Å². The molecule has 1 heterocycles. The summed E-state index contributed by atoms with van der Waals surface area (Å²) < 4.78 is 6.74. The van der Waals surface area contributed by atoms with Gasteiger partial charge in [0.25, 0.3) is 0 Å². The zero-order chi connectivity index (χ0) is 11.4. The Kier molecular flexibility index (Phi) is 3.24. The molecule has 1 aliphatic carbocycles. The molecule has 0 bridgehead atoms. The van der Waals surface area contributed by atoms with Gasteiger partial charge in [0.1, 0.15) is 6.61 Å². The van der Waals surface area contributed by atoms with Crippen molar-refractivity contribution in [1.82, 2.24) is 9.78 Å². The average molecular weight is 224 g/mol. The van der Waals surface area contributed by atoms with E-state index in [1.807, 2.05) is 6.07 Å². The van der Waals surface area contributed by atoms with Crippen LogP contribution in [0.4, 0.5) is 0 Å². The number of hydrogen-bond donors (Lipinski definition) is 1. The molecule has 1 aliphatic rings. The van der Waals surface area contributed by atoms with E-state index in [1.54, 1.807) is 17.1 Å². The first-order valence-corrected chi connectivity index (χ1v) is 5.58. The molecule has 1 aromatic heterocycles. The van der Waals surface area contributed by atoms with Crippen LogP contribution in [0.25, 0.3) is 0 Å². The minimum absolute atomic E-state index is 0.253. The van der Waals surface area contributed by atoms with E-state index < -0.39 is 11.6 Å². The number of nitrogens with zero attached hydrogens (tertiary/aromatic N) is 2. The Labute approximate surface area is 94.0 Å². The quantitative estimate of drug-likeness (QED) is 0.766. The second-order valence-corrected chi connectivity index (χ2v) is 4.14. The van der Waals surface area contributed by atoms with E-state index in [2.05, 4.69) is 5.10 Å². The van der Waals surface area contributed by atoms with Crippen molar-refractivity contribution in [3.63, 3.8) is 0 Å². The molecule has 16 heavy (non-hydrogen) atoms. The topological polar surface area (TPSA) is 64.4 Å². The van der Waals surface area contributed by atoms with Crippen LogP contribution >= 0.6 is 0 Å². The number of aliphatic hydroxyl groups is 1. The number of ether oxygens (including phenoxy) is 1. The van der Waals surface area contributed by atoms with E-state index in [-0.39, 0.29) is 6.61 Å². The van der Waals surface area contributed by atoms with E-state index in [4.69, 9.17) is 4.74 Å². The molecule has 1 fully saturated rings. The summed E-state index contributed by atoms with van der Waals surface area (Å²) in [4.78, 5) is 11.6. The molecule has 0 amide bonds. The Morgan fingerprint density at radius 1 is 1.50 bits per heavy atom. The molecule has 1 aromatic rings. The Morgan fingerprint density at radius 2 is 2.25 bits per heavy atom. The predicted octanol–water partition coefficient (Wildman–Crippen LogP) is 0.731. The van der Waals surface area contributed by atoms with Crippen LogP contribution in [-0.2, 0) is 16.1 Å². The maximum absolute atomic E-state index is 11.6. The average Bonchev–Trinajstić information content (AvgIpc) is 2.90. The number of carbonyl (C=O) groups excluding carboxylic acids is 1. The molecule has 0 aromatic carbocycles. The number of rotatable bonds is 4. The van der Waals surface area contributed by atoms with E-state index in [1.165, 1.54) is 0 Å². The Morgan fingerprint density at radius 3 is 2.88 bits per heavy atom. The first-order chi connectivity index (χ1) is 7.71. The van der Waals surface area contributed by atoms with Crippen LogP contribution in [0.3, 0.4) is 0 Å². The summed E-state index contributed by atoms with van der Waals surface area (Å²) in [6.45, 7) is 0.775. The predicted molar refractivity (Wildman–Crippen MR) is 56.6 cm³/mol. The third kappa shape index (κ3) is 2.41. The van der Waals surface area contributed by atoms with Crippen molar-refractivity contribution in [1.29, 1.82) is 0 Å². The molecule has 0 radical (unpaired) electrons. The van der Waals surface area contributed by atoms with Gasteiger partial charge in [-0.3, -0.25) is 4.68 Å². The summed E-state index contributed by atoms with van der Waals surface area (Å²) in [6, 6.07) is 1.81. The molecule has 0 saturated heterocycles. The zero-order valence-electron chi connectivity index (χ0n) is 9.13. The van der Waals surface area contributed by atoms with Gasteiger partial charge in [-0.1, -0.05) is 0 Å². The fourth-order valence-corrected chi connectivity index (χ4v) is 1.96. The maximum Gasteiger partial charge on any atom is 0.338 e. The fraction of sp³-hybridized carbons (Fsp3) is 0.636. The summed E-state index contributed by atoms with van der Waals surface area (Å²) >= 11 is 0. The lowest BCUT2D eigenvalue weighted by atomic mass is 10.0. The fourth-order valence-electron chi connectivity index (χ4n) is 1.96. The highest BCUT2D eigenvalue weighted by Crippen LogP contribution is 2.30. The molecule has 5 heteroatoms. The van der Waals surface area contributed by atoms with Gasteiger partial charge in [0, 0.05) is 12.4 Å². The largest absolute Gasteiger partial charge is 0.462 e. The smallest absolute Gasteiger partial charge is 0.338 e. The monoisotopic (exact) mass is 224 g/mol. The lowest BCUT2D eigenvalue weighted by Gasteiger charge is -2.19. The van der Waals surface area contributed by atoms with E-state index >= 15 is 0 Å². The molecule has 0 spiro atoms. The molecule has 5 nitrogen and oxygen atoms in total. The van der Waals surface area contributed by atoms with Gasteiger partial charge >= 0.3 is 5.97 Å².